The molecule has 0 aromatic carbocycles. The Hall–Kier alpha value is 0.137. The van der Waals surface area contributed by atoms with E-state index in [1.807, 2.05) is 0 Å². The van der Waals surface area contributed by atoms with E-state index in [0.717, 1.165) is 13.0 Å². The fraction of sp³-hybridized carbons (Fsp3) is 1.00. The van der Waals surface area contributed by atoms with Gasteiger partial charge < -0.3 is 8.85 Å². The summed E-state index contributed by atoms with van der Waals surface area (Å²) in [6.07, 6.45) is 2.77. The minimum atomic E-state index is -1.20. The zero-order valence-corrected chi connectivity index (χ0v) is 7.25. The lowest BCUT2D eigenvalue weighted by Crippen LogP contribution is -2.20. The molecule has 0 radical (unpaired) electrons. The molecular weight excluding hydrogens is 132 g/mol. The lowest BCUT2D eigenvalue weighted by molar-refractivity contribution is 0.183. The van der Waals surface area contributed by atoms with E-state index in [1.165, 1.54) is 6.42 Å². The lowest BCUT2D eigenvalue weighted by atomic mass is 10.2. The van der Waals surface area contributed by atoms with Crippen molar-refractivity contribution in [3.63, 3.8) is 0 Å². The van der Waals surface area contributed by atoms with Gasteiger partial charge in [-0.3, -0.25) is 0 Å². The third-order valence-electron chi connectivity index (χ3n) is 1.53. The van der Waals surface area contributed by atoms with Crippen LogP contribution in [0.25, 0.3) is 0 Å². The third-order valence-corrected chi connectivity index (χ3v) is 3.08. The van der Waals surface area contributed by atoms with E-state index >= 15 is 0 Å². The van der Waals surface area contributed by atoms with Crippen LogP contribution >= 0.6 is 0 Å². The van der Waals surface area contributed by atoms with Gasteiger partial charge in [0, 0.05) is 12.7 Å². The summed E-state index contributed by atoms with van der Waals surface area (Å²) in [4.78, 5) is 0. The normalized spacial score (nSPS) is 38.0. The maximum absolute atomic E-state index is 5.53. The molecule has 1 fully saturated rings. The SMILES string of the molecule is CC1CCCO[SiH](C)O1. The molecule has 1 aliphatic rings. The largest absolute Gasteiger partial charge is 0.397 e. The van der Waals surface area contributed by atoms with Gasteiger partial charge >= 0.3 is 9.28 Å². The molecule has 0 aromatic heterocycles. The molecular formula is C6H14O2Si. The second-order valence-electron chi connectivity index (χ2n) is 2.53. The van der Waals surface area contributed by atoms with E-state index in [1.54, 1.807) is 0 Å². The topological polar surface area (TPSA) is 18.5 Å². The Balaban J connectivity index is 2.29. The van der Waals surface area contributed by atoms with E-state index in [-0.39, 0.29) is 0 Å². The monoisotopic (exact) mass is 146 g/mol. The van der Waals surface area contributed by atoms with Crippen molar-refractivity contribution in [2.75, 3.05) is 6.61 Å². The van der Waals surface area contributed by atoms with Crippen LogP contribution in [0, 0.1) is 0 Å². The molecule has 9 heavy (non-hydrogen) atoms. The van der Waals surface area contributed by atoms with Gasteiger partial charge in [-0.15, -0.1) is 0 Å². The molecule has 0 aromatic rings. The molecule has 2 atom stereocenters. The maximum Gasteiger partial charge on any atom is 0.318 e. The summed E-state index contributed by atoms with van der Waals surface area (Å²) in [5.74, 6) is 0. The lowest BCUT2D eigenvalue weighted by Gasteiger charge is -2.11. The number of hydrogen-bond acceptors (Lipinski definition) is 2. The van der Waals surface area contributed by atoms with Crippen LogP contribution in [-0.2, 0) is 8.85 Å². The third kappa shape index (κ3) is 2.47. The van der Waals surface area contributed by atoms with Crippen molar-refractivity contribution in [3.8, 4) is 0 Å². The van der Waals surface area contributed by atoms with Gasteiger partial charge in [0.2, 0.25) is 0 Å². The van der Waals surface area contributed by atoms with Gasteiger partial charge in [0.25, 0.3) is 0 Å². The van der Waals surface area contributed by atoms with Crippen molar-refractivity contribution in [2.24, 2.45) is 0 Å². The first-order valence-corrected chi connectivity index (χ1v) is 5.66. The second kappa shape index (κ2) is 3.34. The zero-order valence-electron chi connectivity index (χ0n) is 6.09. The molecule has 1 aliphatic heterocycles. The molecule has 1 rings (SSSR count). The molecule has 0 spiro atoms. The smallest absolute Gasteiger partial charge is 0.318 e. The fourth-order valence-electron chi connectivity index (χ4n) is 1.05. The van der Waals surface area contributed by atoms with Gasteiger partial charge in [0.05, 0.1) is 0 Å². The highest BCUT2D eigenvalue weighted by atomic mass is 28.3. The highest BCUT2D eigenvalue weighted by Crippen LogP contribution is 2.08. The van der Waals surface area contributed by atoms with Crippen molar-refractivity contribution in [1.82, 2.24) is 0 Å². The van der Waals surface area contributed by atoms with Crippen molar-refractivity contribution in [3.05, 3.63) is 0 Å². The standard InChI is InChI=1S/C6H14O2Si/c1-6-4-3-5-7-9(2)8-6/h6,9H,3-5H2,1-2H3. The minimum absolute atomic E-state index is 0.439. The van der Waals surface area contributed by atoms with E-state index in [4.69, 9.17) is 8.85 Å². The van der Waals surface area contributed by atoms with Gasteiger partial charge in [-0.25, -0.2) is 0 Å². The summed E-state index contributed by atoms with van der Waals surface area (Å²) in [5.41, 5.74) is 0. The van der Waals surface area contributed by atoms with Crippen LogP contribution in [0.5, 0.6) is 0 Å². The Bertz CT molecular complexity index is 77.1. The van der Waals surface area contributed by atoms with Crippen LogP contribution in [0.4, 0.5) is 0 Å². The van der Waals surface area contributed by atoms with Gasteiger partial charge in [0.15, 0.2) is 0 Å². The van der Waals surface area contributed by atoms with Gasteiger partial charge in [-0.2, -0.15) is 0 Å². The molecule has 2 nitrogen and oxygen atoms in total. The second-order valence-corrected chi connectivity index (χ2v) is 4.27. The Kier molecular flexibility index (Phi) is 2.69. The van der Waals surface area contributed by atoms with E-state index in [0.29, 0.717) is 6.10 Å². The molecule has 0 saturated carbocycles. The number of rotatable bonds is 0. The van der Waals surface area contributed by atoms with Crippen molar-refractivity contribution in [2.45, 2.75) is 32.4 Å². The molecule has 0 N–H and O–H groups in total. The summed E-state index contributed by atoms with van der Waals surface area (Å²) < 4.78 is 10.9. The summed E-state index contributed by atoms with van der Waals surface area (Å²) >= 11 is 0. The summed E-state index contributed by atoms with van der Waals surface area (Å²) in [5, 5.41) is 0. The van der Waals surface area contributed by atoms with Crippen LogP contribution in [-0.4, -0.2) is 22.0 Å². The summed E-state index contributed by atoms with van der Waals surface area (Å²) in [7, 11) is -1.20. The molecule has 1 heterocycles. The Morgan fingerprint density at radius 2 is 2.33 bits per heavy atom. The molecule has 0 bridgehead atoms. The van der Waals surface area contributed by atoms with E-state index in [2.05, 4.69) is 13.5 Å². The molecule has 2 unspecified atom stereocenters. The first-order valence-electron chi connectivity index (χ1n) is 3.56. The van der Waals surface area contributed by atoms with Crippen molar-refractivity contribution >= 4 is 9.28 Å². The highest BCUT2D eigenvalue weighted by molar-refractivity contribution is 6.42. The van der Waals surface area contributed by atoms with Gasteiger partial charge in [-0.1, -0.05) is 0 Å². The predicted octanol–water partition coefficient (Wildman–Crippen LogP) is 1.05. The van der Waals surface area contributed by atoms with Crippen LogP contribution in [0.2, 0.25) is 6.55 Å². The molecule has 1 saturated heterocycles. The van der Waals surface area contributed by atoms with Gasteiger partial charge in [0.1, 0.15) is 0 Å². The highest BCUT2D eigenvalue weighted by Gasteiger charge is 2.14. The average molecular weight is 146 g/mol. The van der Waals surface area contributed by atoms with E-state index in [9.17, 15) is 0 Å². The zero-order chi connectivity index (χ0) is 6.69. The molecule has 0 amide bonds. The Morgan fingerprint density at radius 1 is 1.56 bits per heavy atom. The minimum Gasteiger partial charge on any atom is -0.397 e. The fourth-order valence-corrected chi connectivity index (χ4v) is 2.42. The van der Waals surface area contributed by atoms with Gasteiger partial charge in [-0.05, 0) is 26.3 Å². The molecule has 3 heteroatoms. The quantitative estimate of drug-likeness (QED) is 0.476. The van der Waals surface area contributed by atoms with Crippen molar-refractivity contribution in [1.29, 1.82) is 0 Å². The Morgan fingerprint density at radius 3 is 3.11 bits per heavy atom. The Labute approximate surface area is 58.0 Å². The molecule has 0 aliphatic carbocycles. The van der Waals surface area contributed by atoms with Crippen molar-refractivity contribution < 1.29 is 8.85 Å². The number of hydrogen-bond donors (Lipinski definition) is 0. The van der Waals surface area contributed by atoms with E-state index < -0.39 is 9.28 Å². The first kappa shape index (κ1) is 7.25. The van der Waals surface area contributed by atoms with Crippen LogP contribution in [0.1, 0.15) is 19.8 Å². The summed E-state index contributed by atoms with van der Waals surface area (Å²) in [6.45, 7) is 5.12. The van der Waals surface area contributed by atoms with Crippen LogP contribution < -0.4 is 0 Å². The van der Waals surface area contributed by atoms with Crippen LogP contribution in [0.3, 0.4) is 0 Å². The molecule has 54 valence electrons. The average Bonchev–Trinajstić information content (AvgIpc) is 1.93. The predicted molar refractivity (Wildman–Crippen MR) is 38.7 cm³/mol. The van der Waals surface area contributed by atoms with Crippen LogP contribution in [0.15, 0.2) is 0 Å². The summed E-state index contributed by atoms with van der Waals surface area (Å²) in [6, 6.07) is 0. The maximum atomic E-state index is 5.53. The first-order chi connectivity index (χ1) is 4.29.